The number of carbonyl (C=O) groups excluding carboxylic acids is 1. The lowest BCUT2D eigenvalue weighted by Gasteiger charge is -2.17. The summed E-state index contributed by atoms with van der Waals surface area (Å²) in [7, 11) is 0. The highest BCUT2D eigenvalue weighted by Crippen LogP contribution is 2.33. The van der Waals surface area contributed by atoms with Gasteiger partial charge >= 0.3 is 5.97 Å². The molecular formula is C12H13NO4. The minimum absolute atomic E-state index is 0.00464. The van der Waals surface area contributed by atoms with Crippen LogP contribution in [0.2, 0.25) is 0 Å². The van der Waals surface area contributed by atoms with Crippen molar-refractivity contribution in [3.8, 4) is 5.75 Å². The van der Waals surface area contributed by atoms with E-state index < -0.39 is 11.9 Å². The number of aryl methyl sites for hydroxylation is 1. The van der Waals surface area contributed by atoms with Crippen LogP contribution in [0, 0.1) is 12.8 Å². The normalized spacial score (nSPS) is 19.7. The molecule has 2 N–H and O–H groups in total. The number of hydrogen-bond acceptors (Lipinski definition) is 3. The molecule has 2 rings (SSSR count). The van der Waals surface area contributed by atoms with Gasteiger partial charge in [0.15, 0.2) is 0 Å². The molecule has 1 aliphatic rings. The van der Waals surface area contributed by atoms with Crippen LogP contribution in [0.3, 0.4) is 0 Å². The first kappa shape index (κ1) is 11.4. The summed E-state index contributed by atoms with van der Waals surface area (Å²) in [5, 5.41) is 18.6. The molecule has 0 unspecified atom stereocenters. The molecule has 0 bridgehead atoms. The van der Waals surface area contributed by atoms with Gasteiger partial charge in [-0.15, -0.1) is 0 Å². The Kier molecular flexibility index (Phi) is 2.75. The van der Waals surface area contributed by atoms with Crippen LogP contribution in [0.4, 0.5) is 5.69 Å². The standard InChI is InChI=1S/C12H13NO4/c1-7-2-3-10(14)9(4-7)13-6-8(12(16)17)5-11(13)15/h2-4,8,14H,5-6H2,1H3,(H,16,17)/t8-/m0/s1. The predicted molar refractivity (Wildman–Crippen MR) is 60.9 cm³/mol. The van der Waals surface area contributed by atoms with Gasteiger partial charge in [0.1, 0.15) is 5.75 Å². The Morgan fingerprint density at radius 1 is 1.47 bits per heavy atom. The molecule has 1 amide bonds. The van der Waals surface area contributed by atoms with Crippen LogP contribution in [0.5, 0.6) is 5.75 Å². The Hall–Kier alpha value is -2.04. The van der Waals surface area contributed by atoms with Crippen LogP contribution in [0.25, 0.3) is 0 Å². The van der Waals surface area contributed by atoms with E-state index in [1.54, 1.807) is 12.1 Å². The second kappa shape index (κ2) is 4.08. The smallest absolute Gasteiger partial charge is 0.308 e. The number of aliphatic carboxylic acids is 1. The Morgan fingerprint density at radius 2 is 2.18 bits per heavy atom. The van der Waals surface area contributed by atoms with E-state index in [-0.39, 0.29) is 24.6 Å². The van der Waals surface area contributed by atoms with Crippen molar-refractivity contribution in [1.29, 1.82) is 0 Å². The van der Waals surface area contributed by atoms with Gasteiger partial charge in [0, 0.05) is 13.0 Å². The van der Waals surface area contributed by atoms with Crippen LogP contribution < -0.4 is 4.90 Å². The number of anilines is 1. The molecule has 1 aliphatic heterocycles. The zero-order chi connectivity index (χ0) is 12.6. The summed E-state index contributed by atoms with van der Waals surface area (Å²) in [4.78, 5) is 23.9. The number of carboxylic acid groups (broad SMARTS) is 1. The van der Waals surface area contributed by atoms with E-state index in [0.29, 0.717) is 5.69 Å². The number of hydrogen-bond donors (Lipinski definition) is 2. The van der Waals surface area contributed by atoms with E-state index in [9.17, 15) is 14.7 Å². The molecule has 17 heavy (non-hydrogen) atoms. The molecule has 1 atom stereocenters. The second-order valence-electron chi connectivity index (χ2n) is 4.24. The third kappa shape index (κ3) is 2.08. The molecular weight excluding hydrogens is 222 g/mol. The summed E-state index contributed by atoms with van der Waals surface area (Å²) in [6.45, 7) is 1.96. The van der Waals surface area contributed by atoms with Crippen molar-refractivity contribution >= 4 is 17.6 Å². The minimum Gasteiger partial charge on any atom is -0.506 e. The average Bonchev–Trinajstić information content (AvgIpc) is 2.64. The maximum absolute atomic E-state index is 11.7. The lowest BCUT2D eigenvalue weighted by atomic mass is 10.1. The molecule has 0 radical (unpaired) electrons. The highest BCUT2D eigenvalue weighted by Gasteiger charge is 2.35. The van der Waals surface area contributed by atoms with E-state index >= 15 is 0 Å². The first-order chi connectivity index (χ1) is 7.99. The van der Waals surface area contributed by atoms with Gasteiger partial charge in [-0.25, -0.2) is 0 Å². The summed E-state index contributed by atoms with van der Waals surface area (Å²) < 4.78 is 0. The van der Waals surface area contributed by atoms with Gasteiger partial charge in [-0.05, 0) is 24.6 Å². The van der Waals surface area contributed by atoms with Crippen molar-refractivity contribution in [2.24, 2.45) is 5.92 Å². The van der Waals surface area contributed by atoms with Crippen molar-refractivity contribution in [3.63, 3.8) is 0 Å². The minimum atomic E-state index is -0.979. The Balaban J connectivity index is 2.32. The molecule has 1 aromatic rings. The fourth-order valence-electron chi connectivity index (χ4n) is 1.96. The van der Waals surface area contributed by atoms with Crippen LogP contribution in [0.15, 0.2) is 18.2 Å². The maximum Gasteiger partial charge on any atom is 0.308 e. The van der Waals surface area contributed by atoms with Gasteiger partial charge in [0.2, 0.25) is 5.91 Å². The molecule has 0 saturated carbocycles. The largest absolute Gasteiger partial charge is 0.506 e. The van der Waals surface area contributed by atoms with E-state index in [1.165, 1.54) is 11.0 Å². The second-order valence-corrected chi connectivity index (χ2v) is 4.24. The van der Waals surface area contributed by atoms with Gasteiger partial charge < -0.3 is 15.1 Å². The molecule has 5 heteroatoms. The Labute approximate surface area is 98.3 Å². The summed E-state index contributed by atoms with van der Waals surface area (Å²) in [5.41, 5.74) is 1.29. The summed E-state index contributed by atoms with van der Waals surface area (Å²) in [6.07, 6.45) is -0.0112. The zero-order valence-electron chi connectivity index (χ0n) is 9.38. The predicted octanol–water partition coefficient (Wildman–Crippen LogP) is 1.14. The van der Waals surface area contributed by atoms with Gasteiger partial charge in [-0.1, -0.05) is 6.07 Å². The molecule has 0 aromatic heterocycles. The number of amides is 1. The average molecular weight is 235 g/mol. The molecule has 0 aliphatic carbocycles. The van der Waals surface area contributed by atoms with Crippen molar-refractivity contribution in [2.45, 2.75) is 13.3 Å². The molecule has 5 nitrogen and oxygen atoms in total. The molecule has 90 valence electrons. The lowest BCUT2D eigenvalue weighted by molar-refractivity contribution is -0.141. The fourth-order valence-corrected chi connectivity index (χ4v) is 1.96. The summed E-state index contributed by atoms with van der Waals surface area (Å²) in [5.74, 6) is -1.94. The number of carboxylic acids is 1. The highest BCUT2D eigenvalue weighted by molar-refractivity contribution is 6.00. The quantitative estimate of drug-likeness (QED) is 0.805. The monoisotopic (exact) mass is 235 g/mol. The van der Waals surface area contributed by atoms with E-state index in [4.69, 9.17) is 5.11 Å². The molecule has 0 spiro atoms. The number of carbonyl (C=O) groups is 2. The van der Waals surface area contributed by atoms with E-state index in [1.807, 2.05) is 6.92 Å². The first-order valence-electron chi connectivity index (χ1n) is 5.32. The van der Waals surface area contributed by atoms with Crippen molar-refractivity contribution in [2.75, 3.05) is 11.4 Å². The van der Waals surface area contributed by atoms with Crippen LogP contribution in [-0.2, 0) is 9.59 Å². The lowest BCUT2D eigenvalue weighted by Crippen LogP contribution is -2.25. The number of benzene rings is 1. The third-order valence-electron chi connectivity index (χ3n) is 2.90. The van der Waals surface area contributed by atoms with Gasteiger partial charge in [0.25, 0.3) is 0 Å². The summed E-state index contributed by atoms with van der Waals surface area (Å²) in [6, 6.07) is 4.91. The van der Waals surface area contributed by atoms with Gasteiger partial charge in [0.05, 0.1) is 11.6 Å². The number of nitrogens with zero attached hydrogens (tertiary/aromatic N) is 1. The fraction of sp³-hybridized carbons (Fsp3) is 0.333. The van der Waals surface area contributed by atoms with Gasteiger partial charge in [-0.2, -0.15) is 0 Å². The molecule has 1 aromatic carbocycles. The summed E-state index contributed by atoms with van der Waals surface area (Å²) >= 11 is 0. The SMILES string of the molecule is Cc1ccc(O)c(N2C[C@@H](C(=O)O)CC2=O)c1. The maximum atomic E-state index is 11.7. The number of rotatable bonds is 2. The van der Waals surface area contributed by atoms with Crippen LogP contribution in [-0.4, -0.2) is 28.6 Å². The van der Waals surface area contributed by atoms with Crippen molar-refractivity contribution in [1.82, 2.24) is 0 Å². The number of aromatic hydroxyl groups is 1. The number of phenolic OH excluding ortho intramolecular Hbond substituents is 1. The van der Waals surface area contributed by atoms with E-state index in [2.05, 4.69) is 0 Å². The number of phenols is 1. The van der Waals surface area contributed by atoms with E-state index in [0.717, 1.165) is 5.56 Å². The zero-order valence-corrected chi connectivity index (χ0v) is 9.38. The van der Waals surface area contributed by atoms with Crippen LogP contribution in [0.1, 0.15) is 12.0 Å². The molecule has 1 heterocycles. The first-order valence-corrected chi connectivity index (χ1v) is 5.32. The Bertz CT molecular complexity index is 483. The highest BCUT2D eigenvalue weighted by atomic mass is 16.4. The molecule has 1 fully saturated rings. The van der Waals surface area contributed by atoms with Crippen molar-refractivity contribution < 1.29 is 19.8 Å². The third-order valence-corrected chi connectivity index (χ3v) is 2.90. The van der Waals surface area contributed by atoms with Crippen molar-refractivity contribution in [3.05, 3.63) is 23.8 Å². The Morgan fingerprint density at radius 3 is 2.76 bits per heavy atom. The van der Waals surface area contributed by atoms with Gasteiger partial charge in [-0.3, -0.25) is 9.59 Å². The van der Waals surface area contributed by atoms with Crippen LogP contribution >= 0.6 is 0 Å². The topological polar surface area (TPSA) is 77.8 Å². The molecule has 1 saturated heterocycles.